The van der Waals surface area contributed by atoms with E-state index in [1.807, 2.05) is 6.08 Å². The summed E-state index contributed by atoms with van der Waals surface area (Å²) in [5, 5.41) is 23.1. The van der Waals surface area contributed by atoms with Crippen LogP contribution in [0.4, 0.5) is 0 Å². The van der Waals surface area contributed by atoms with Gasteiger partial charge in [0.1, 0.15) is 0 Å². The molecule has 0 aromatic carbocycles. The number of ether oxygens (including phenoxy) is 1. The van der Waals surface area contributed by atoms with E-state index in [1.54, 1.807) is 6.08 Å². The second kappa shape index (κ2) is 54.2. The van der Waals surface area contributed by atoms with Crippen molar-refractivity contribution in [2.24, 2.45) is 0 Å². The largest absolute Gasteiger partial charge is 0.466 e. The summed E-state index contributed by atoms with van der Waals surface area (Å²) < 4.78 is 5.47. The number of carbonyl (C=O) groups excluding carboxylic acids is 2. The average Bonchev–Trinajstić information content (AvgIpc) is 3.29. The van der Waals surface area contributed by atoms with Gasteiger partial charge < -0.3 is 20.3 Å². The Balaban J connectivity index is 3.45. The number of aliphatic hydroxyl groups is 2. The van der Waals surface area contributed by atoms with Gasteiger partial charge in [0.2, 0.25) is 5.91 Å². The molecule has 6 nitrogen and oxygen atoms in total. The second-order valence-corrected chi connectivity index (χ2v) is 20.0. The molecule has 2 unspecified atom stereocenters. The summed E-state index contributed by atoms with van der Waals surface area (Å²) in [6, 6.07) is -0.631. The van der Waals surface area contributed by atoms with Crippen molar-refractivity contribution in [1.29, 1.82) is 0 Å². The van der Waals surface area contributed by atoms with Crippen LogP contribution in [-0.2, 0) is 14.3 Å². The van der Waals surface area contributed by atoms with E-state index >= 15 is 0 Å². The standard InChI is InChI=1S/C58H113NO5/c1-3-5-7-9-11-13-15-17-18-19-21-24-27-30-34-38-42-46-50-56(61)55(54-60)59-57(62)51-47-43-39-35-31-28-25-22-20-23-26-29-33-37-41-45-49-53-64-58(63)52-48-44-40-36-32-16-14-12-10-8-6-4-2/h46,50,55-56,60-61H,3-45,47-49,51-54H2,1-2H3,(H,59,62)/b50-46+. The number of rotatable bonds is 54. The van der Waals surface area contributed by atoms with Crippen LogP contribution in [0.2, 0.25) is 0 Å². The Labute approximate surface area is 399 Å². The first-order valence-electron chi connectivity index (χ1n) is 29.0. The van der Waals surface area contributed by atoms with E-state index in [0.717, 1.165) is 44.9 Å². The fourth-order valence-corrected chi connectivity index (χ4v) is 9.11. The fraction of sp³-hybridized carbons (Fsp3) is 0.931. The molecule has 0 bridgehead atoms. The van der Waals surface area contributed by atoms with Crippen molar-refractivity contribution >= 4 is 11.9 Å². The van der Waals surface area contributed by atoms with Crippen LogP contribution in [0, 0.1) is 0 Å². The molecule has 0 fully saturated rings. The molecule has 3 N–H and O–H groups in total. The highest BCUT2D eigenvalue weighted by molar-refractivity contribution is 5.76. The predicted molar refractivity (Wildman–Crippen MR) is 278 cm³/mol. The molecule has 0 aromatic rings. The molecule has 64 heavy (non-hydrogen) atoms. The van der Waals surface area contributed by atoms with E-state index in [1.165, 1.54) is 250 Å². The molecule has 0 aliphatic carbocycles. The first kappa shape index (κ1) is 62.6. The number of hydrogen-bond donors (Lipinski definition) is 3. The van der Waals surface area contributed by atoms with Crippen molar-refractivity contribution in [3.05, 3.63) is 12.2 Å². The van der Waals surface area contributed by atoms with Gasteiger partial charge in [-0.2, -0.15) is 0 Å². The molecular formula is C58H113NO5. The summed E-state index contributed by atoms with van der Waals surface area (Å²) in [7, 11) is 0. The summed E-state index contributed by atoms with van der Waals surface area (Å²) in [4.78, 5) is 24.5. The molecule has 0 radical (unpaired) electrons. The Morgan fingerprint density at radius 3 is 1.06 bits per heavy atom. The summed E-state index contributed by atoms with van der Waals surface area (Å²) in [5.41, 5.74) is 0. The number of esters is 1. The third-order valence-corrected chi connectivity index (χ3v) is 13.6. The molecule has 0 spiro atoms. The molecule has 0 saturated heterocycles. The first-order valence-corrected chi connectivity index (χ1v) is 29.0. The number of hydrogen-bond acceptors (Lipinski definition) is 5. The maximum absolute atomic E-state index is 12.5. The third-order valence-electron chi connectivity index (χ3n) is 13.6. The van der Waals surface area contributed by atoms with E-state index in [4.69, 9.17) is 4.74 Å². The van der Waals surface area contributed by atoms with Gasteiger partial charge in [0.05, 0.1) is 25.4 Å². The summed E-state index contributed by atoms with van der Waals surface area (Å²) in [6.45, 7) is 4.91. The molecule has 0 rings (SSSR count). The van der Waals surface area contributed by atoms with E-state index in [-0.39, 0.29) is 18.5 Å². The quantitative estimate of drug-likeness (QED) is 0.0321. The molecule has 380 valence electrons. The molecule has 0 saturated carbocycles. The highest BCUT2D eigenvalue weighted by Gasteiger charge is 2.18. The Hall–Kier alpha value is -1.40. The number of carbonyl (C=O) groups is 2. The SMILES string of the molecule is CCCCCCCCCCCCCCCCCC/C=C/C(O)C(CO)NC(=O)CCCCCCCCCCCCCCCCCCCOC(=O)CCCCCCCCCCCCCC. The van der Waals surface area contributed by atoms with Gasteiger partial charge in [-0.1, -0.05) is 289 Å². The number of aliphatic hydroxyl groups excluding tert-OH is 2. The Morgan fingerprint density at radius 2 is 0.719 bits per heavy atom. The van der Waals surface area contributed by atoms with Crippen molar-refractivity contribution < 1.29 is 24.5 Å². The minimum absolute atomic E-state index is 0.00569. The van der Waals surface area contributed by atoms with Gasteiger partial charge in [-0.05, 0) is 32.1 Å². The highest BCUT2D eigenvalue weighted by Crippen LogP contribution is 2.17. The maximum atomic E-state index is 12.5. The van der Waals surface area contributed by atoms with Gasteiger partial charge in [-0.15, -0.1) is 0 Å². The predicted octanol–water partition coefficient (Wildman–Crippen LogP) is 17.7. The zero-order valence-electron chi connectivity index (χ0n) is 43.3. The minimum Gasteiger partial charge on any atom is -0.466 e. The normalized spacial score (nSPS) is 12.6. The molecule has 6 heteroatoms. The molecule has 0 aromatic heterocycles. The number of unbranched alkanes of at least 4 members (excludes halogenated alkanes) is 43. The van der Waals surface area contributed by atoms with Crippen LogP contribution >= 0.6 is 0 Å². The zero-order chi connectivity index (χ0) is 46.5. The van der Waals surface area contributed by atoms with Crippen LogP contribution in [0.3, 0.4) is 0 Å². The van der Waals surface area contributed by atoms with Gasteiger partial charge in [0, 0.05) is 12.8 Å². The van der Waals surface area contributed by atoms with Crippen LogP contribution < -0.4 is 5.32 Å². The summed E-state index contributed by atoms with van der Waals surface area (Å²) >= 11 is 0. The Morgan fingerprint density at radius 1 is 0.422 bits per heavy atom. The lowest BCUT2D eigenvalue weighted by Gasteiger charge is -2.20. The lowest BCUT2D eigenvalue weighted by Crippen LogP contribution is -2.45. The topological polar surface area (TPSA) is 95.9 Å². The van der Waals surface area contributed by atoms with Crippen molar-refractivity contribution in [2.45, 2.75) is 334 Å². The van der Waals surface area contributed by atoms with Crippen LogP contribution in [0.15, 0.2) is 12.2 Å². The van der Waals surface area contributed by atoms with Crippen LogP contribution in [-0.4, -0.2) is 47.4 Å². The van der Waals surface area contributed by atoms with Crippen molar-refractivity contribution in [3.63, 3.8) is 0 Å². The van der Waals surface area contributed by atoms with Crippen LogP contribution in [0.25, 0.3) is 0 Å². The minimum atomic E-state index is -0.847. The van der Waals surface area contributed by atoms with E-state index in [2.05, 4.69) is 19.2 Å². The monoisotopic (exact) mass is 904 g/mol. The summed E-state index contributed by atoms with van der Waals surface area (Å²) in [6.07, 6.45) is 63.7. The zero-order valence-corrected chi connectivity index (χ0v) is 43.3. The van der Waals surface area contributed by atoms with Gasteiger partial charge in [0.25, 0.3) is 0 Å². The maximum Gasteiger partial charge on any atom is 0.305 e. The van der Waals surface area contributed by atoms with Gasteiger partial charge in [-0.25, -0.2) is 0 Å². The molecule has 1 amide bonds. The van der Waals surface area contributed by atoms with Crippen molar-refractivity contribution in [2.75, 3.05) is 13.2 Å². The van der Waals surface area contributed by atoms with E-state index in [0.29, 0.717) is 19.4 Å². The van der Waals surface area contributed by atoms with E-state index in [9.17, 15) is 19.8 Å². The number of allylic oxidation sites excluding steroid dienone is 1. The molecule has 0 heterocycles. The van der Waals surface area contributed by atoms with E-state index < -0.39 is 12.1 Å². The van der Waals surface area contributed by atoms with Crippen LogP contribution in [0.5, 0.6) is 0 Å². The molecular weight excluding hydrogens is 791 g/mol. The summed E-state index contributed by atoms with van der Waals surface area (Å²) in [5.74, 6) is -0.0648. The van der Waals surface area contributed by atoms with Crippen molar-refractivity contribution in [3.8, 4) is 0 Å². The van der Waals surface area contributed by atoms with Gasteiger partial charge in [-0.3, -0.25) is 9.59 Å². The fourth-order valence-electron chi connectivity index (χ4n) is 9.11. The first-order chi connectivity index (χ1) is 31.5. The Kier molecular flexibility index (Phi) is 53.0. The third kappa shape index (κ3) is 50.0. The highest BCUT2D eigenvalue weighted by atomic mass is 16.5. The molecule has 2 atom stereocenters. The number of nitrogens with one attached hydrogen (secondary N) is 1. The van der Waals surface area contributed by atoms with Crippen molar-refractivity contribution in [1.82, 2.24) is 5.32 Å². The average molecular weight is 905 g/mol. The Bertz CT molecular complexity index is 955. The second-order valence-electron chi connectivity index (χ2n) is 20.0. The molecule has 0 aliphatic heterocycles. The van der Waals surface area contributed by atoms with Gasteiger partial charge >= 0.3 is 5.97 Å². The molecule has 0 aliphatic rings. The smallest absolute Gasteiger partial charge is 0.305 e. The lowest BCUT2D eigenvalue weighted by molar-refractivity contribution is -0.143. The lowest BCUT2D eigenvalue weighted by atomic mass is 10.0. The van der Waals surface area contributed by atoms with Crippen LogP contribution in [0.1, 0.15) is 322 Å². The van der Waals surface area contributed by atoms with Gasteiger partial charge in [0.15, 0.2) is 0 Å². The number of amides is 1.